The molecule has 5 nitrogen and oxygen atoms in total. The Morgan fingerprint density at radius 3 is 3.06 bits per heavy atom. The van der Waals surface area contributed by atoms with Crippen LogP contribution in [0.1, 0.15) is 11.1 Å². The van der Waals surface area contributed by atoms with Crippen LogP contribution in [0.15, 0.2) is 12.1 Å². The molecule has 2 aliphatic rings. The fraction of sp³-hybridized carbons (Fsp3) is 0.417. The van der Waals surface area contributed by atoms with Crippen LogP contribution >= 0.6 is 0 Å². The van der Waals surface area contributed by atoms with Gasteiger partial charge in [0.05, 0.1) is 13.2 Å². The number of phenolic OH excluding ortho intramolecular Hbond substituents is 1. The smallest absolute Gasteiger partial charge is 0.410 e. The largest absolute Gasteiger partial charge is 0.504 e. The first-order chi connectivity index (χ1) is 8.19. The van der Waals surface area contributed by atoms with Crippen molar-refractivity contribution in [3.63, 3.8) is 0 Å². The number of rotatable bonds is 1. The minimum atomic E-state index is -0.268. The third-order valence-electron chi connectivity index (χ3n) is 3.37. The van der Waals surface area contributed by atoms with Gasteiger partial charge in [0.2, 0.25) is 0 Å². The van der Waals surface area contributed by atoms with Gasteiger partial charge in [-0.3, -0.25) is 4.90 Å². The molecule has 1 aromatic carbocycles. The van der Waals surface area contributed by atoms with Crippen molar-refractivity contribution in [3.05, 3.63) is 23.3 Å². The first-order valence-electron chi connectivity index (χ1n) is 5.51. The molecule has 0 aliphatic carbocycles. The summed E-state index contributed by atoms with van der Waals surface area (Å²) in [5, 5.41) is 9.71. The van der Waals surface area contributed by atoms with Gasteiger partial charge in [0.25, 0.3) is 0 Å². The van der Waals surface area contributed by atoms with Crippen molar-refractivity contribution < 1.29 is 19.4 Å². The molecule has 0 radical (unpaired) electrons. The van der Waals surface area contributed by atoms with E-state index in [0.717, 1.165) is 17.5 Å². The van der Waals surface area contributed by atoms with Crippen molar-refractivity contribution in [2.45, 2.75) is 19.0 Å². The molecule has 0 bridgehead atoms. The Kier molecular flexibility index (Phi) is 2.14. The van der Waals surface area contributed by atoms with Crippen LogP contribution in [0.5, 0.6) is 11.5 Å². The SMILES string of the molecule is COc1cc2c(cc1O)CN1C(=O)OCC1C2. The number of nitrogens with zero attached hydrogens (tertiary/aromatic N) is 1. The van der Waals surface area contributed by atoms with E-state index in [0.29, 0.717) is 18.9 Å². The summed E-state index contributed by atoms with van der Waals surface area (Å²) in [6.07, 6.45) is 0.480. The van der Waals surface area contributed by atoms with E-state index in [1.807, 2.05) is 6.07 Å². The maximum absolute atomic E-state index is 11.4. The average Bonchev–Trinajstić information content (AvgIpc) is 2.67. The number of carbonyl (C=O) groups is 1. The molecule has 1 saturated heterocycles. The predicted molar refractivity (Wildman–Crippen MR) is 59.0 cm³/mol. The highest BCUT2D eigenvalue weighted by Crippen LogP contribution is 2.35. The number of methoxy groups -OCH3 is 1. The van der Waals surface area contributed by atoms with Crippen molar-refractivity contribution in [1.82, 2.24) is 4.90 Å². The fourth-order valence-electron chi connectivity index (χ4n) is 2.44. The number of fused-ring (bicyclic) bond motifs is 2. The zero-order valence-corrected chi connectivity index (χ0v) is 9.47. The summed E-state index contributed by atoms with van der Waals surface area (Å²) in [5.41, 5.74) is 2.07. The second-order valence-electron chi connectivity index (χ2n) is 4.36. The lowest BCUT2D eigenvalue weighted by atomic mass is 9.94. The molecular formula is C12H13NO4. The van der Waals surface area contributed by atoms with Crippen LogP contribution in [-0.4, -0.2) is 35.9 Å². The summed E-state index contributed by atoms with van der Waals surface area (Å²) < 4.78 is 10.1. The van der Waals surface area contributed by atoms with Crippen LogP contribution < -0.4 is 4.74 Å². The van der Waals surface area contributed by atoms with Crippen LogP contribution in [0.25, 0.3) is 0 Å². The lowest BCUT2D eigenvalue weighted by Crippen LogP contribution is -2.38. The Bertz CT molecular complexity index is 486. The second kappa shape index (κ2) is 3.55. The normalized spacial score (nSPS) is 21.8. The number of phenols is 1. The van der Waals surface area contributed by atoms with Gasteiger partial charge in [-0.25, -0.2) is 4.79 Å². The summed E-state index contributed by atoms with van der Waals surface area (Å²) >= 11 is 0. The summed E-state index contributed by atoms with van der Waals surface area (Å²) in [6, 6.07) is 3.62. The first-order valence-corrected chi connectivity index (χ1v) is 5.51. The Morgan fingerprint density at radius 2 is 2.29 bits per heavy atom. The second-order valence-corrected chi connectivity index (χ2v) is 4.36. The molecular weight excluding hydrogens is 222 g/mol. The monoisotopic (exact) mass is 235 g/mol. The van der Waals surface area contributed by atoms with E-state index in [1.54, 1.807) is 11.0 Å². The maximum Gasteiger partial charge on any atom is 0.410 e. The highest BCUT2D eigenvalue weighted by Gasteiger charge is 2.37. The number of hydrogen-bond donors (Lipinski definition) is 1. The van der Waals surface area contributed by atoms with Crippen LogP contribution in [0.3, 0.4) is 0 Å². The molecule has 17 heavy (non-hydrogen) atoms. The van der Waals surface area contributed by atoms with Gasteiger partial charge in [0, 0.05) is 6.54 Å². The van der Waals surface area contributed by atoms with Crippen molar-refractivity contribution in [2.24, 2.45) is 0 Å². The van der Waals surface area contributed by atoms with Crippen molar-refractivity contribution in [1.29, 1.82) is 0 Å². The molecule has 2 heterocycles. The minimum Gasteiger partial charge on any atom is -0.504 e. The Hall–Kier alpha value is -1.91. The lowest BCUT2D eigenvalue weighted by molar-refractivity contribution is 0.155. The lowest BCUT2D eigenvalue weighted by Gasteiger charge is -2.29. The molecule has 1 aromatic rings. The molecule has 1 amide bonds. The highest BCUT2D eigenvalue weighted by molar-refractivity contribution is 5.71. The van der Waals surface area contributed by atoms with Gasteiger partial charge in [-0.1, -0.05) is 0 Å². The number of cyclic esters (lactones) is 1. The quantitative estimate of drug-likeness (QED) is 0.796. The fourth-order valence-corrected chi connectivity index (χ4v) is 2.44. The molecule has 0 spiro atoms. The van der Waals surface area contributed by atoms with E-state index in [1.165, 1.54) is 7.11 Å². The molecule has 2 aliphatic heterocycles. The standard InChI is InChI=1S/C12H13NO4/c1-16-11-4-7-2-9-6-17-12(15)13(9)5-8(7)3-10(11)14/h3-4,9,14H,2,5-6H2,1H3. The summed E-state index contributed by atoms with van der Waals surface area (Å²) in [4.78, 5) is 13.1. The van der Waals surface area contributed by atoms with Gasteiger partial charge in [-0.2, -0.15) is 0 Å². The van der Waals surface area contributed by atoms with Crippen LogP contribution in [0.4, 0.5) is 4.79 Å². The minimum absolute atomic E-state index is 0.109. The highest BCUT2D eigenvalue weighted by atomic mass is 16.6. The number of hydrogen-bond acceptors (Lipinski definition) is 4. The first kappa shape index (κ1) is 10.3. The van der Waals surface area contributed by atoms with Gasteiger partial charge < -0.3 is 14.6 Å². The molecule has 0 saturated carbocycles. The molecule has 90 valence electrons. The van der Waals surface area contributed by atoms with Gasteiger partial charge in [-0.15, -0.1) is 0 Å². The van der Waals surface area contributed by atoms with Crippen LogP contribution in [0.2, 0.25) is 0 Å². The Balaban J connectivity index is 2.00. The Morgan fingerprint density at radius 1 is 1.47 bits per heavy atom. The molecule has 3 rings (SSSR count). The number of carbonyl (C=O) groups excluding carboxylic acids is 1. The van der Waals surface area contributed by atoms with Gasteiger partial charge >= 0.3 is 6.09 Å². The Labute approximate surface area is 98.6 Å². The topological polar surface area (TPSA) is 59.0 Å². The van der Waals surface area contributed by atoms with E-state index in [-0.39, 0.29) is 17.9 Å². The number of amides is 1. The number of benzene rings is 1. The van der Waals surface area contributed by atoms with Crippen molar-refractivity contribution in [2.75, 3.05) is 13.7 Å². The molecule has 0 aromatic heterocycles. The van der Waals surface area contributed by atoms with Gasteiger partial charge in [0.15, 0.2) is 11.5 Å². The van der Waals surface area contributed by atoms with Crippen LogP contribution in [0, 0.1) is 0 Å². The van der Waals surface area contributed by atoms with Crippen molar-refractivity contribution in [3.8, 4) is 11.5 Å². The van der Waals surface area contributed by atoms with E-state index in [9.17, 15) is 9.90 Å². The van der Waals surface area contributed by atoms with Crippen LogP contribution in [-0.2, 0) is 17.7 Å². The summed E-state index contributed by atoms with van der Waals surface area (Å²) in [5.74, 6) is 0.583. The maximum atomic E-state index is 11.4. The van der Waals surface area contributed by atoms with E-state index in [2.05, 4.69) is 0 Å². The van der Waals surface area contributed by atoms with Gasteiger partial charge in [0.1, 0.15) is 6.61 Å². The molecule has 1 unspecified atom stereocenters. The third-order valence-corrected chi connectivity index (χ3v) is 3.37. The van der Waals surface area contributed by atoms with E-state index in [4.69, 9.17) is 9.47 Å². The van der Waals surface area contributed by atoms with Crippen molar-refractivity contribution >= 4 is 6.09 Å². The zero-order valence-electron chi connectivity index (χ0n) is 9.47. The zero-order chi connectivity index (χ0) is 12.0. The van der Waals surface area contributed by atoms with Gasteiger partial charge in [-0.05, 0) is 29.7 Å². The molecule has 1 fully saturated rings. The molecule has 5 heteroatoms. The van der Waals surface area contributed by atoms with E-state index < -0.39 is 0 Å². The molecule has 1 N–H and O–H groups in total. The summed E-state index contributed by atoms with van der Waals surface area (Å²) in [6.45, 7) is 0.942. The predicted octanol–water partition coefficient (Wildman–Crippen LogP) is 1.28. The van der Waals surface area contributed by atoms with E-state index >= 15 is 0 Å². The number of aromatic hydroxyl groups is 1. The summed E-state index contributed by atoms with van der Waals surface area (Å²) in [7, 11) is 1.53. The third kappa shape index (κ3) is 1.50. The average molecular weight is 235 g/mol. The number of ether oxygens (including phenoxy) is 2. The molecule has 1 atom stereocenters.